The maximum atomic E-state index is 12.7. The van der Waals surface area contributed by atoms with Crippen molar-refractivity contribution in [3.8, 4) is 6.07 Å². The Bertz CT molecular complexity index is 313. The van der Waals surface area contributed by atoms with Crippen LogP contribution in [0.4, 0.5) is 13.2 Å². The van der Waals surface area contributed by atoms with Gasteiger partial charge in [-0.3, -0.25) is 0 Å². The molecule has 1 unspecified atom stereocenters. The van der Waals surface area contributed by atoms with Crippen molar-refractivity contribution in [3.05, 3.63) is 35.4 Å². The molecule has 0 N–H and O–H groups in total. The van der Waals surface area contributed by atoms with Gasteiger partial charge >= 0.3 is 0 Å². The Balaban J connectivity index is 2.87. The third-order valence-electron chi connectivity index (χ3n) is 1.58. The Morgan fingerprint density at radius 3 is 2.00 bits per heavy atom. The van der Waals surface area contributed by atoms with Gasteiger partial charge in [0.2, 0.25) is 0 Å². The number of rotatable bonds is 2. The molecule has 1 rings (SSSR count). The van der Waals surface area contributed by atoms with E-state index in [-0.39, 0.29) is 5.56 Å². The number of benzene rings is 1. The van der Waals surface area contributed by atoms with Crippen LogP contribution in [0.2, 0.25) is 0 Å². The first-order chi connectivity index (χ1) is 6.15. The van der Waals surface area contributed by atoms with Crippen LogP contribution in [-0.2, 0) is 0 Å². The molecule has 0 aliphatic carbocycles. The van der Waals surface area contributed by atoms with Gasteiger partial charge < -0.3 is 0 Å². The molecule has 68 valence electrons. The lowest BCUT2D eigenvalue weighted by molar-refractivity contribution is 0.0496. The molecule has 1 atom stereocenters. The average molecular weight is 185 g/mol. The van der Waals surface area contributed by atoms with Crippen molar-refractivity contribution in [2.45, 2.75) is 12.6 Å². The van der Waals surface area contributed by atoms with E-state index >= 15 is 0 Å². The van der Waals surface area contributed by atoms with E-state index in [0.29, 0.717) is 5.56 Å². The molecule has 0 heterocycles. The minimum Gasteiger partial charge on any atom is -0.236 e. The minimum atomic E-state index is -3.02. The summed E-state index contributed by atoms with van der Waals surface area (Å²) in [6, 6.07) is 6.81. The number of alkyl halides is 3. The van der Waals surface area contributed by atoms with Crippen molar-refractivity contribution >= 4 is 0 Å². The van der Waals surface area contributed by atoms with Crippen LogP contribution in [0.15, 0.2) is 24.3 Å². The highest BCUT2D eigenvalue weighted by Crippen LogP contribution is 2.24. The van der Waals surface area contributed by atoms with Gasteiger partial charge in [-0.25, -0.2) is 13.2 Å². The molecule has 0 fully saturated rings. The third-order valence-corrected chi connectivity index (χ3v) is 1.58. The van der Waals surface area contributed by atoms with Gasteiger partial charge in [-0.15, -0.1) is 0 Å². The smallest absolute Gasteiger partial charge is 0.236 e. The van der Waals surface area contributed by atoms with E-state index in [1.807, 2.05) is 6.07 Å². The lowest BCUT2D eigenvalue weighted by Gasteiger charge is -2.06. The van der Waals surface area contributed by atoms with Crippen LogP contribution in [-0.4, -0.2) is 6.43 Å². The van der Waals surface area contributed by atoms with Crippen molar-refractivity contribution in [2.75, 3.05) is 0 Å². The van der Waals surface area contributed by atoms with Crippen LogP contribution < -0.4 is 0 Å². The summed E-state index contributed by atoms with van der Waals surface area (Å²) in [5.74, 6) is 0. The fourth-order valence-electron chi connectivity index (χ4n) is 0.887. The molecule has 0 saturated heterocycles. The van der Waals surface area contributed by atoms with Gasteiger partial charge in [0.1, 0.15) is 0 Å². The second-order valence-corrected chi connectivity index (χ2v) is 2.47. The summed E-state index contributed by atoms with van der Waals surface area (Å²) in [6.45, 7) is 0. The molecule has 1 aromatic carbocycles. The lowest BCUT2D eigenvalue weighted by atomic mass is 10.1. The predicted octanol–water partition coefficient (Wildman–Crippen LogP) is 2.83. The summed E-state index contributed by atoms with van der Waals surface area (Å²) in [4.78, 5) is 0. The summed E-state index contributed by atoms with van der Waals surface area (Å²) >= 11 is 0. The molecular formula is C9H6F3N. The van der Waals surface area contributed by atoms with Gasteiger partial charge in [0.05, 0.1) is 11.6 Å². The molecule has 13 heavy (non-hydrogen) atoms. The van der Waals surface area contributed by atoms with E-state index in [4.69, 9.17) is 5.26 Å². The quantitative estimate of drug-likeness (QED) is 0.694. The van der Waals surface area contributed by atoms with E-state index in [9.17, 15) is 13.2 Å². The van der Waals surface area contributed by atoms with Crippen molar-refractivity contribution < 1.29 is 13.2 Å². The van der Waals surface area contributed by atoms with Crippen LogP contribution in [0.3, 0.4) is 0 Å². The zero-order valence-electron chi connectivity index (χ0n) is 6.55. The molecular weight excluding hydrogens is 179 g/mol. The second kappa shape index (κ2) is 3.94. The number of hydrogen-bond donors (Lipinski definition) is 0. The molecule has 0 amide bonds. The SMILES string of the molecule is N#Cc1ccc(C(F)C(F)F)cc1. The Hall–Kier alpha value is -1.50. The second-order valence-electron chi connectivity index (χ2n) is 2.47. The van der Waals surface area contributed by atoms with Crippen molar-refractivity contribution in [3.63, 3.8) is 0 Å². The monoisotopic (exact) mass is 185 g/mol. The normalized spacial score (nSPS) is 12.5. The van der Waals surface area contributed by atoms with Gasteiger partial charge in [0, 0.05) is 0 Å². The largest absolute Gasteiger partial charge is 0.273 e. The van der Waals surface area contributed by atoms with E-state index in [2.05, 4.69) is 0 Å². The Kier molecular flexibility index (Phi) is 2.91. The van der Waals surface area contributed by atoms with Gasteiger partial charge in [-0.2, -0.15) is 5.26 Å². The summed E-state index contributed by atoms with van der Waals surface area (Å²) in [5, 5.41) is 8.38. The molecule has 1 aromatic rings. The first kappa shape index (κ1) is 9.59. The fourth-order valence-corrected chi connectivity index (χ4v) is 0.887. The van der Waals surface area contributed by atoms with Gasteiger partial charge in [0.15, 0.2) is 6.17 Å². The zero-order valence-corrected chi connectivity index (χ0v) is 6.55. The van der Waals surface area contributed by atoms with Crippen LogP contribution in [0.5, 0.6) is 0 Å². The lowest BCUT2D eigenvalue weighted by Crippen LogP contribution is -2.02. The van der Waals surface area contributed by atoms with Gasteiger partial charge in [0.25, 0.3) is 6.43 Å². The first-order valence-corrected chi connectivity index (χ1v) is 3.57. The van der Waals surface area contributed by atoms with E-state index in [0.717, 1.165) is 0 Å². The Morgan fingerprint density at radius 2 is 1.62 bits per heavy atom. The Labute approximate surface area is 73.4 Å². The first-order valence-electron chi connectivity index (χ1n) is 3.57. The summed E-state index contributed by atoms with van der Waals surface area (Å²) in [5.41, 5.74) is 0.221. The molecule has 0 radical (unpaired) electrons. The number of hydrogen-bond acceptors (Lipinski definition) is 1. The topological polar surface area (TPSA) is 23.8 Å². The fraction of sp³-hybridized carbons (Fsp3) is 0.222. The third kappa shape index (κ3) is 2.22. The van der Waals surface area contributed by atoms with E-state index < -0.39 is 12.6 Å². The van der Waals surface area contributed by atoms with E-state index in [1.54, 1.807) is 0 Å². The summed E-state index contributed by atoms with van der Waals surface area (Å²) in [6.07, 6.45) is -5.29. The maximum absolute atomic E-state index is 12.7. The number of nitriles is 1. The Morgan fingerprint density at radius 1 is 1.08 bits per heavy atom. The highest BCUT2D eigenvalue weighted by molar-refractivity contribution is 5.32. The standard InChI is InChI=1S/C9H6F3N/c10-8(9(11)12)7-3-1-6(5-13)2-4-7/h1-4,8-9H. The molecule has 1 nitrogen and oxygen atoms in total. The molecule has 0 bridgehead atoms. The number of halogens is 3. The van der Waals surface area contributed by atoms with Crippen molar-refractivity contribution in [1.82, 2.24) is 0 Å². The van der Waals surface area contributed by atoms with Crippen molar-refractivity contribution in [2.24, 2.45) is 0 Å². The molecule has 0 aromatic heterocycles. The van der Waals surface area contributed by atoms with Crippen LogP contribution in [0.1, 0.15) is 17.3 Å². The number of nitrogens with zero attached hydrogens (tertiary/aromatic N) is 1. The zero-order chi connectivity index (χ0) is 9.84. The predicted molar refractivity (Wildman–Crippen MR) is 41.0 cm³/mol. The van der Waals surface area contributed by atoms with Gasteiger partial charge in [-0.1, -0.05) is 12.1 Å². The summed E-state index contributed by atoms with van der Waals surface area (Å²) in [7, 11) is 0. The molecule has 0 spiro atoms. The highest BCUT2D eigenvalue weighted by atomic mass is 19.3. The highest BCUT2D eigenvalue weighted by Gasteiger charge is 2.20. The maximum Gasteiger partial charge on any atom is 0.273 e. The molecule has 4 heteroatoms. The van der Waals surface area contributed by atoms with Gasteiger partial charge in [-0.05, 0) is 17.7 Å². The average Bonchev–Trinajstić information content (AvgIpc) is 2.17. The van der Waals surface area contributed by atoms with Crippen LogP contribution >= 0.6 is 0 Å². The molecule has 0 aliphatic rings. The van der Waals surface area contributed by atoms with Crippen LogP contribution in [0, 0.1) is 11.3 Å². The molecule has 0 aliphatic heterocycles. The van der Waals surface area contributed by atoms with E-state index in [1.165, 1.54) is 24.3 Å². The van der Waals surface area contributed by atoms with Crippen molar-refractivity contribution in [1.29, 1.82) is 5.26 Å². The summed E-state index contributed by atoms with van der Waals surface area (Å²) < 4.78 is 36.4. The minimum absolute atomic E-state index is 0.103. The molecule has 0 saturated carbocycles. The van der Waals surface area contributed by atoms with Crippen LogP contribution in [0.25, 0.3) is 0 Å².